The second-order valence-electron chi connectivity index (χ2n) is 5.96. The van der Waals surface area contributed by atoms with Crippen LogP contribution < -0.4 is 15.4 Å². The smallest absolute Gasteiger partial charge is 0.256 e. The number of carbonyl (C=O) groups excluding carboxylic acids is 2. The quantitative estimate of drug-likeness (QED) is 0.777. The third-order valence-electron chi connectivity index (χ3n) is 4.05. The number of carbonyl (C=O) groups is 2. The second-order valence-corrected chi connectivity index (χ2v) is 6.95. The molecule has 1 aliphatic heterocycles. The minimum atomic E-state index is -0.251. The van der Waals surface area contributed by atoms with Crippen molar-refractivity contribution in [3.8, 4) is 5.75 Å². The molecule has 1 aromatic carbocycles. The molecule has 0 unspecified atom stereocenters. The molecule has 26 heavy (non-hydrogen) atoms. The van der Waals surface area contributed by atoms with Crippen molar-refractivity contribution in [1.82, 2.24) is 15.1 Å². The lowest BCUT2D eigenvalue weighted by atomic mass is 10.2. The number of methoxy groups -OCH3 is 1. The topological polar surface area (TPSA) is 85.3 Å². The summed E-state index contributed by atoms with van der Waals surface area (Å²) in [5.41, 5.74) is 2.42. The van der Waals surface area contributed by atoms with Gasteiger partial charge in [0, 0.05) is 29.2 Å². The molecule has 0 atom stereocenters. The van der Waals surface area contributed by atoms with Crippen LogP contribution in [0.5, 0.6) is 5.75 Å². The first-order valence-corrected chi connectivity index (χ1v) is 9.66. The van der Waals surface area contributed by atoms with E-state index in [0.717, 1.165) is 29.2 Å². The predicted octanol–water partition coefficient (Wildman–Crippen LogP) is 2.42. The van der Waals surface area contributed by atoms with Crippen LogP contribution in [0.25, 0.3) is 0 Å². The first kappa shape index (κ1) is 18.3. The van der Waals surface area contributed by atoms with Crippen LogP contribution >= 0.6 is 11.8 Å². The number of nitrogens with one attached hydrogen (secondary N) is 2. The summed E-state index contributed by atoms with van der Waals surface area (Å²) in [7, 11) is 1.56. The Hall–Kier alpha value is -2.48. The third-order valence-corrected chi connectivity index (χ3v) is 5.02. The number of ether oxygens (including phenoxy) is 1. The number of hydrogen-bond donors (Lipinski definition) is 2. The van der Waals surface area contributed by atoms with Gasteiger partial charge >= 0.3 is 0 Å². The van der Waals surface area contributed by atoms with Crippen LogP contribution in [0.3, 0.4) is 0 Å². The molecule has 0 bridgehead atoms. The maximum absolute atomic E-state index is 12.7. The van der Waals surface area contributed by atoms with Gasteiger partial charge in [-0.2, -0.15) is 16.9 Å². The largest absolute Gasteiger partial charge is 0.497 e. The predicted molar refractivity (Wildman–Crippen MR) is 101 cm³/mol. The SMILES string of the molecule is CCCNC(=O)Cn1nc2c(c1NC(=O)c1cccc(OC)c1)CSC2. The van der Waals surface area contributed by atoms with E-state index in [1.807, 2.05) is 6.92 Å². The molecule has 1 aromatic heterocycles. The fourth-order valence-electron chi connectivity index (χ4n) is 2.72. The average molecular weight is 374 g/mol. The van der Waals surface area contributed by atoms with Gasteiger partial charge in [0.1, 0.15) is 18.1 Å². The van der Waals surface area contributed by atoms with Gasteiger partial charge in [-0.25, -0.2) is 4.68 Å². The fourth-order valence-corrected chi connectivity index (χ4v) is 3.76. The number of anilines is 1. The minimum Gasteiger partial charge on any atom is -0.497 e. The summed E-state index contributed by atoms with van der Waals surface area (Å²) in [6.45, 7) is 2.71. The normalized spacial score (nSPS) is 12.5. The van der Waals surface area contributed by atoms with Gasteiger partial charge in [0.05, 0.1) is 12.8 Å². The van der Waals surface area contributed by atoms with E-state index in [1.54, 1.807) is 47.8 Å². The van der Waals surface area contributed by atoms with Crippen molar-refractivity contribution in [2.45, 2.75) is 31.4 Å². The average Bonchev–Trinajstić information content (AvgIpc) is 3.22. The summed E-state index contributed by atoms with van der Waals surface area (Å²) >= 11 is 1.75. The van der Waals surface area contributed by atoms with E-state index in [0.29, 0.717) is 23.7 Å². The van der Waals surface area contributed by atoms with Crippen LogP contribution in [0.15, 0.2) is 24.3 Å². The number of thioether (sulfide) groups is 1. The molecule has 0 spiro atoms. The van der Waals surface area contributed by atoms with Crippen molar-refractivity contribution in [2.24, 2.45) is 0 Å². The van der Waals surface area contributed by atoms with E-state index >= 15 is 0 Å². The molecule has 0 saturated carbocycles. The molecular formula is C18H22N4O3S. The molecule has 2 aromatic rings. The lowest BCUT2D eigenvalue weighted by Crippen LogP contribution is -2.29. The first-order chi connectivity index (χ1) is 12.6. The van der Waals surface area contributed by atoms with Crippen LogP contribution in [0, 0.1) is 0 Å². The van der Waals surface area contributed by atoms with Crippen molar-refractivity contribution in [2.75, 3.05) is 19.0 Å². The van der Waals surface area contributed by atoms with Crippen LogP contribution in [-0.4, -0.2) is 35.2 Å². The number of nitrogens with zero attached hydrogens (tertiary/aromatic N) is 2. The van der Waals surface area contributed by atoms with E-state index in [1.165, 1.54) is 0 Å². The second kappa shape index (κ2) is 8.27. The van der Waals surface area contributed by atoms with Crippen LogP contribution in [0.2, 0.25) is 0 Å². The monoisotopic (exact) mass is 374 g/mol. The Labute approximate surface area is 156 Å². The Morgan fingerprint density at radius 3 is 2.96 bits per heavy atom. The van der Waals surface area contributed by atoms with E-state index in [9.17, 15) is 9.59 Å². The van der Waals surface area contributed by atoms with Gasteiger partial charge in [-0.05, 0) is 24.6 Å². The highest BCUT2D eigenvalue weighted by atomic mass is 32.2. The molecule has 2 N–H and O–H groups in total. The Kier molecular flexibility index (Phi) is 5.82. The van der Waals surface area contributed by atoms with Gasteiger partial charge in [-0.15, -0.1) is 0 Å². The van der Waals surface area contributed by atoms with Crippen molar-refractivity contribution in [1.29, 1.82) is 0 Å². The van der Waals surface area contributed by atoms with Crippen molar-refractivity contribution < 1.29 is 14.3 Å². The summed E-state index contributed by atoms with van der Waals surface area (Å²) in [5, 5.41) is 10.3. The van der Waals surface area contributed by atoms with Crippen molar-refractivity contribution in [3.63, 3.8) is 0 Å². The van der Waals surface area contributed by atoms with Gasteiger partial charge in [0.15, 0.2) is 0 Å². The molecule has 0 saturated heterocycles. The standard InChI is InChI=1S/C18H22N4O3S/c1-3-7-19-16(23)9-22-17(14-10-26-11-15(14)21-22)20-18(24)12-5-4-6-13(8-12)25-2/h4-6,8H,3,7,9-11H2,1-2H3,(H,19,23)(H,20,24). The summed E-state index contributed by atoms with van der Waals surface area (Å²) in [6, 6.07) is 6.96. The van der Waals surface area contributed by atoms with Gasteiger partial charge < -0.3 is 15.4 Å². The number of amides is 2. The highest BCUT2D eigenvalue weighted by Gasteiger charge is 2.25. The Morgan fingerprint density at radius 2 is 2.19 bits per heavy atom. The molecule has 3 rings (SSSR count). The summed E-state index contributed by atoms with van der Waals surface area (Å²) < 4.78 is 6.77. The third kappa shape index (κ3) is 4.01. The number of rotatable bonds is 7. The molecule has 0 fully saturated rings. The Balaban J connectivity index is 1.81. The lowest BCUT2D eigenvalue weighted by molar-refractivity contribution is -0.121. The molecule has 7 nitrogen and oxygen atoms in total. The maximum Gasteiger partial charge on any atom is 0.256 e. The first-order valence-electron chi connectivity index (χ1n) is 8.50. The zero-order valence-electron chi connectivity index (χ0n) is 14.9. The van der Waals surface area contributed by atoms with Gasteiger partial charge in [-0.1, -0.05) is 13.0 Å². The molecular weight excluding hydrogens is 352 g/mol. The van der Waals surface area contributed by atoms with Gasteiger partial charge in [0.2, 0.25) is 5.91 Å². The van der Waals surface area contributed by atoms with E-state index in [2.05, 4.69) is 15.7 Å². The molecule has 2 heterocycles. The molecule has 0 aliphatic carbocycles. The number of hydrogen-bond acceptors (Lipinski definition) is 5. The lowest BCUT2D eigenvalue weighted by Gasteiger charge is -2.11. The van der Waals surface area contributed by atoms with Crippen LogP contribution in [0.4, 0.5) is 5.82 Å². The number of aromatic nitrogens is 2. The van der Waals surface area contributed by atoms with Crippen LogP contribution in [0.1, 0.15) is 35.0 Å². The zero-order valence-corrected chi connectivity index (χ0v) is 15.7. The van der Waals surface area contributed by atoms with Crippen molar-refractivity contribution in [3.05, 3.63) is 41.1 Å². The molecule has 138 valence electrons. The summed E-state index contributed by atoms with van der Waals surface area (Å²) in [6.07, 6.45) is 0.872. The Morgan fingerprint density at radius 1 is 1.35 bits per heavy atom. The van der Waals surface area contributed by atoms with Crippen LogP contribution in [-0.2, 0) is 22.8 Å². The fraction of sp³-hybridized carbons (Fsp3) is 0.389. The molecule has 2 amide bonds. The molecule has 1 aliphatic rings. The van der Waals surface area contributed by atoms with E-state index in [-0.39, 0.29) is 18.4 Å². The van der Waals surface area contributed by atoms with Crippen molar-refractivity contribution >= 4 is 29.4 Å². The highest BCUT2D eigenvalue weighted by molar-refractivity contribution is 7.98. The van der Waals surface area contributed by atoms with E-state index < -0.39 is 0 Å². The van der Waals surface area contributed by atoms with E-state index in [4.69, 9.17) is 4.74 Å². The number of benzene rings is 1. The Bertz CT molecular complexity index is 819. The molecule has 8 heteroatoms. The molecule has 0 radical (unpaired) electrons. The minimum absolute atomic E-state index is 0.0887. The highest BCUT2D eigenvalue weighted by Crippen LogP contribution is 2.34. The summed E-state index contributed by atoms with van der Waals surface area (Å²) in [4.78, 5) is 24.8. The van der Waals surface area contributed by atoms with Gasteiger partial charge in [0.25, 0.3) is 5.91 Å². The van der Waals surface area contributed by atoms with Gasteiger partial charge in [-0.3, -0.25) is 9.59 Å². The number of fused-ring (bicyclic) bond motifs is 1. The zero-order chi connectivity index (χ0) is 18.5. The summed E-state index contributed by atoms with van der Waals surface area (Å²) in [5.74, 6) is 2.42. The maximum atomic E-state index is 12.7.